The summed E-state index contributed by atoms with van der Waals surface area (Å²) in [5.41, 5.74) is 4.42. The molecule has 1 aromatic heterocycles. The third-order valence-electron chi connectivity index (χ3n) is 8.77. The molecule has 10 heteroatoms. The lowest BCUT2D eigenvalue weighted by atomic mass is 9.93. The molecule has 2 heterocycles. The number of benzene rings is 2. The fraction of sp³-hybridized carbons (Fsp3) is 0.543. The van der Waals surface area contributed by atoms with Crippen molar-refractivity contribution in [2.75, 3.05) is 31.7 Å². The molecule has 0 atom stereocenters. The van der Waals surface area contributed by atoms with E-state index in [-0.39, 0.29) is 30.2 Å². The molecule has 2 aliphatic rings. The molecule has 0 radical (unpaired) electrons. The Morgan fingerprint density at radius 1 is 1.11 bits per heavy atom. The van der Waals surface area contributed by atoms with Crippen molar-refractivity contribution in [3.05, 3.63) is 53.7 Å². The minimum Gasteiger partial charge on any atom is -0.506 e. The van der Waals surface area contributed by atoms with E-state index in [1.807, 2.05) is 29.1 Å². The summed E-state index contributed by atoms with van der Waals surface area (Å²) < 4.78 is 13.4. The molecule has 1 aliphatic heterocycles. The van der Waals surface area contributed by atoms with Gasteiger partial charge in [-0.1, -0.05) is 55.2 Å². The summed E-state index contributed by atoms with van der Waals surface area (Å²) in [7, 11) is 0. The minimum absolute atomic E-state index is 0.0186. The first-order valence-corrected chi connectivity index (χ1v) is 16.5. The lowest BCUT2D eigenvalue weighted by Crippen LogP contribution is -2.42. The second kappa shape index (κ2) is 15.9. The van der Waals surface area contributed by atoms with E-state index < -0.39 is 0 Å². The van der Waals surface area contributed by atoms with Crippen LogP contribution >= 0.6 is 0 Å². The predicted molar refractivity (Wildman–Crippen MR) is 173 cm³/mol. The Kier molecular flexibility index (Phi) is 11.5. The van der Waals surface area contributed by atoms with Gasteiger partial charge >= 0.3 is 0 Å². The summed E-state index contributed by atoms with van der Waals surface area (Å²) in [5.74, 6) is 0.512. The van der Waals surface area contributed by atoms with Crippen LogP contribution in [0.15, 0.2) is 42.6 Å². The monoisotopic (exact) mass is 617 g/mol. The predicted octanol–water partition coefficient (Wildman–Crippen LogP) is 6.09. The van der Waals surface area contributed by atoms with Gasteiger partial charge in [0.25, 0.3) is 5.91 Å². The van der Waals surface area contributed by atoms with Crippen LogP contribution in [0.2, 0.25) is 0 Å². The Labute approximate surface area is 266 Å². The Bertz CT molecular complexity index is 1430. The van der Waals surface area contributed by atoms with Crippen LogP contribution in [0.5, 0.6) is 11.5 Å². The van der Waals surface area contributed by atoms with E-state index >= 15 is 0 Å². The zero-order valence-electron chi connectivity index (χ0n) is 26.7. The third-order valence-corrected chi connectivity index (χ3v) is 8.77. The minimum atomic E-state index is -0.262. The molecule has 0 bridgehead atoms. The number of phenolic OH excluding ortho intramolecular Hbond substituents is 1. The van der Waals surface area contributed by atoms with Crippen molar-refractivity contribution in [3.8, 4) is 22.8 Å². The van der Waals surface area contributed by atoms with Gasteiger partial charge in [0.2, 0.25) is 5.91 Å². The van der Waals surface area contributed by atoms with E-state index in [9.17, 15) is 14.7 Å². The molecule has 10 nitrogen and oxygen atoms in total. The average molecular weight is 618 g/mol. The maximum Gasteiger partial charge on any atom is 0.262 e. The fourth-order valence-corrected chi connectivity index (χ4v) is 6.23. The number of carbonyl (C=O) groups is 2. The van der Waals surface area contributed by atoms with E-state index in [0.717, 1.165) is 68.3 Å². The van der Waals surface area contributed by atoms with Gasteiger partial charge in [-0.2, -0.15) is 0 Å². The number of hydrogen-bond acceptors (Lipinski definition) is 7. The van der Waals surface area contributed by atoms with Crippen molar-refractivity contribution in [1.82, 2.24) is 19.9 Å². The quantitative estimate of drug-likeness (QED) is 0.157. The van der Waals surface area contributed by atoms with E-state index in [0.29, 0.717) is 37.1 Å². The fourth-order valence-electron chi connectivity index (χ4n) is 6.23. The second-order valence-electron chi connectivity index (χ2n) is 12.5. The molecule has 0 unspecified atom stereocenters. The molecular formula is C35H47N5O5. The first-order valence-electron chi connectivity index (χ1n) is 16.5. The molecule has 0 saturated heterocycles. The molecule has 1 fully saturated rings. The Morgan fingerprint density at radius 2 is 1.96 bits per heavy atom. The van der Waals surface area contributed by atoms with Crippen molar-refractivity contribution in [2.45, 2.75) is 96.6 Å². The average Bonchev–Trinajstić information content (AvgIpc) is 3.55. The van der Waals surface area contributed by atoms with Gasteiger partial charge in [-0.15, -0.1) is 5.10 Å². The summed E-state index contributed by atoms with van der Waals surface area (Å²) in [6, 6.07) is 12.4. The number of rotatable bonds is 15. The van der Waals surface area contributed by atoms with Crippen LogP contribution in [-0.2, 0) is 27.2 Å². The number of nitrogens with one attached hydrogen (secondary N) is 1. The standard InChI is InChI=1S/C35H47N5O5/c1-25(2)40-23-30(37-38-40)28-12-9-10-26(22-28)17-20-44-21-18-33(43)39(29-13-6-3-7-14-29)19-8-4-5-11-27-15-16-31(41)34-35(27)45-24-32(42)36-34/h9-10,12,15-16,22-23,25,29,41H,3-8,11,13-14,17-21,24H2,1-2H3,(H,36,42). The van der Waals surface area contributed by atoms with Gasteiger partial charge in [-0.25, -0.2) is 4.68 Å². The maximum atomic E-state index is 13.4. The van der Waals surface area contributed by atoms with Gasteiger partial charge in [0.15, 0.2) is 12.4 Å². The van der Waals surface area contributed by atoms with Gasteiger partial charge < -0.3 is 24.8 Å². The molecule has 5 rings (SSSR count). The maximum absolute atomic E-state index is 13.4. The lowest BCUT2D eigenvalue weighted by molar-refractivity contribution is -0.135. The molecule has 2 amide bonds. The first kappa shape index (κ1) is 32.5. The number of hydrogen-bond donors (Lipinski definition) is 2. The van der Waals surface area contributed by atoms with E-state index in [1.165, 1.54) is 24.8 Å². The van der Waals surface area contributed by atoms with E-state index in [2.05, 4.69) is 46.5 Å². The van der Waals surface area contributed by atoms with Crippen LogP contribution in [0.4, 0.5) is 5.69 Å². The first-order chi connectivity index (χ1) is 21.9. The van der Waals surface area contributed by atoms with Crippen LogP contribution in [0.25, 0.3) is 11.3 Å². The summed E-state index contributed by atoms with van der Waals surface area (Å²) in [6.45, 7) is 5.87. The van der Waals surface area contributed by atoms with Gasteiger partial charge in [0.1, 0.15) is 17.1 Å². The van der Waals surface area contributed by atoms with Crippen molar-refractivity contribution in [3.63, 3.8) is 0 Å². The molecule has 2 aromatic carbocycles. The molecule has 242 valence electrons. The molecular weight excluding hydrogens is 570 g/mol. The number of aromatic hydroxyl groups is 1. The van der Waals surface area contributed by atoms with Crippen molar-refractivity contribution in [1.29, 1.82) is 0 Å². The Balaban J connectivity index is 1.05. The topological polar surface area (TPSA) is 119 Å². The second-order valence-corrected chi connectivity index (χ2v) is 12.5. The van der Waals surface area contributed by atoms with Crippen LogP contribution in [-0.4, -0.2) is 69.2 Å². The molecule has 45 heavy (non-hydrogen) atoms. The molecule has 1 aliphatic carbocycles. The zero-order chi connectivity index (χ0) is 31.6. The highest BCUT2D eigenvalue weighted by molar-refractivity contribution is 5.97. The van der Waals surface area contributed by atoms with Crippen LogP contribution in [0, 0.1) is 0 Å². The number of fused-ring (bicyclic) bond motifs is 1. The van der Waals surface area contributed by atoms with Crippen molar-refractivity contribution < 1.29 is 24.2 Å². The number of ether oxygens (including phenoxy) is 2. The molecule has 3 aromatic rings. The molecule has 1 saturated carbocycles. The number of nitrogens with zero attached hydrogens (tertiary/aromatic N) is 4. The number of amides is 2. The Morgan fingerprint density at radius 3 is 2.76 bits per heavy atom. The lowest BCUT2D eigenvalue weighted by Gasteiger charge is -2.34. The van der Waals surface area contributed by atoms with Crippen LogP contribution in [0.3, 0.4) is 0 Å². The molecule has 0 spiro atoms. The van der Waals surface area contributed by atoms with Gasteiger partial charge in [0.05, 0.1) is 25.8 Å². The highest BCUT2D eigenvalue weighted by Crippen LogP contribution is 2.39. The number of aromatic nitrogens is 3. The summed E-state index contributed by atoms with van der Waals surface area (Å²) in [5, 5.41) is 21.3. The SMILES string of the molecule is CC(C)n1cc(-c2cccc(CCOCCC(=O)N(CCCCCc3ccc(O)c4c3OCC(=O)N4)C3CCCCC3)c2)nn1. The number of phenols is 1. The summed E-state index contributed by atoms with van der Waals surface area (Å²) in [6.07, 6.45) is 12.5. The number of anilines is 1. The third kappa shape index (κ3) is 8.84. The summed E-state index contributed by atoms with van der Waals surface area (Å²) in [4.78, 5) is 27.2. The van der Waals surface area contributed by atoms with E-state index in [1.54, 1.807) is 6.07 Å². The van der Waals surface area contributed by atoms with E-state index in [4.69, 9.17) is 9.47 Å². The summed E-state index contributed by atoms with van der Waals surface area (Å²) >= 11 is 0. The Hall–Kier alpha value is -3.92. The van der Waals surface area contributed by atoms with Crippen LogP contribution < -0.4 is 10.1 Å². The van der Waals surface area contributed by atoms with Gasteiger partial charge in [-0.05, 0) is 75.6 Å². The largest absolute Gasteiger partial charge is 0.506 e. The van der Waals surface area contributed by atoms with Gasteiger partial charge in [0, 0.05) is 24.2 Å². The highest BCUT2D eigenvalue weighted by Gasteiger charge is 2.25. The number of aryl methyl sites for hydroxylation is 1. The zero-order valence-corrected chi connectivity index (χ0v) is 26.7. The van der Waals surface area contributed by atoms with Crippen molar-refractivity contribution in [2.24, 2.45) is 0 Å². The number of carbonyl (C=O) groups excluding carboxylic acids is 2. The normalized spacial score (nSPS) is 15.0. The highest BCUT2D eigenvalue weighted by atomic mass is 16.5. The number of unbranched alkanes of at least 4 members (excludes halogenated alkanes) is 2. The molecule has 2 N–H and O–H groups in total. The van der Waals surface area contributed by atoms with Gasteiger partial charge in [-0.3, -0.25) is 9.59 Å². The van der Waals surface area contributed by atoms with Crippen LogP contribution in [0.1, 0.15) is 88.8 Å². The van der Waals surface area contributed by atoms with Crippen molar-refractivity contribution >= 4 is 17.5 Å². The smallest absolute Gasteiger partial charge is 0.262 e.